The summed E-state index contributed by atoms with van der Waals surface area (Å²) in [6, 6.07) is 10.3. The predicted molar refractivity (Wildman–Crippen MR) is 132 cm³/mol. The van der Waals surface area contributed by atoms with Gasteiger partial charge in [-0.05, 0) is 61.6 Å². The van der Waals surface area contributed by atoms with E-state index in [-0.39, 0.29) is 11.1 Å². The van der Waals surface area contributed by atoms with Gasteiger partial charge in [0.1, 0.15) is 11.2 Å². The first-order valence-electron chi connectivity index (χ1n) is 10.9. The molecule has 35 heavy (non-hydrogen) atoms. The van der Waals surface area contributed by atoms with Gasteiger partial charge in [0.25, 0.3) is 11.5 Å². The summed E-state index contributed by atoms with van der Waals surface area (Å²) in [7, 11) is 0. The normalized spacial score (nSPS) is 13.1. The van der Waals surface area contributed by atoms with E-state index in [1.165, 1.54) is 34.1 Å². The molecule has 0 spiro atoms. The third-order valence-electron chi connectivity index (χ3n) is 5.84. The number of phenolic OH excluding ortho intramolecular Hbond substituents is 1. The highest BCUT2D eigenvalue weighted by atomic mass is 32.1. The van der Waals surface area contributed by atoms with Crippen molar-refractivity contribution in [3.8, 4) is 11.4 Å². The number of nitro groups is 1. The number of thiophene rings is 1. The van der Waals surface area contributed by atoms with Gasteiger partial charge >= 0.3 is 5.69 Å². The lowest BCUT2D eigenvalue weighted by molar-refractivity contribution is -0.385. The second-order valence-corrected chi connectivity index (χ2v) is 9.15. The van der Waals surface area contributed by atoms with Crippen LogP contribution >= 0.6 is 11.3 Å². The number of hydrogen-bond donors (Lipinski definition) is 2. The highest BCUT2D eigenvalue weighted by Gasteiger charge is 2.20. The Morgan fingerprint density at radius 2 is 2.06 bits per heavy atom. The van der Waals surface area contributed by atoms with Gasteiger partial charge in [-0.15, -0.1) is 11.3 Å². The zero-order valence-electron chi connectivity index (χ0n) is 18.3. The maximum Gasteiger partial charge on any atom is 0.311 e. The molecule has 10 nitrogen and oxygen atoms in total. The van der Waals surface area contributed by atoms with Gasteiger partial charge in [-0.3, -0.25) is 24.3 Å². The van der Waals surface area contributed by atoms with Gasteiger partial charge < -0.3 is 5.11 Å². The molecule has 5 rings (SSSR count). The van der Waals surface area contributed by atoms with Crippen LogP contribution < -0.4 is 11.0 Å². The maximum absolute atomic E-state index is 13.3. The monoisotopic (exact) mass is 489 g/mol. The van der Waals surface area contributed by atoms with Crippen molar-refractivity contribution in [2.45, 2.75) is 25.7 Å². The summed E-state index contributed by atoms with van der Waals surface area (Å²) in [5, 5.41) is 25.0. The molecule has 0 radical (unpaired) electrons. The van der Waals surface area contributed by atoms with Gasteiger partial charge in [-0.1, -0.05) is 6.07 Å². The Kier molecular flexibility index (Phi) is 5.83. The molecule has 2 N–H and O–H groups in total. The smallest absolute Gasteiger partial charge is 0.311 e. The lowest BCUT2D eigenvalue weighted by atomic mass is 9.97. The standard InChI is InChI=1S/C24H19N5O5S/c30-19-9-8-14(10-18(19)29(33)34)12-26-27-22(31)15-4-3-5-16(11-15)28-13-25-23-21(24(28)32)17-6-1-2-7-20(17)35-23/h3-5,8-13,30H,1-2,6-7H2,(H,27,31)/b26-12+. The van der Waals surface area contributed by atoms with Crippen molar-refractivity contribution in [1.82, 2.24) is 15.0 Å². The van der Waals surface area contributed by atoms with Crippen molar-refractivity contribution >= 4 is 39.4 Å². The van der Waals surface area contributed by atoms with Gasteiger partial charge in [0.15, 0.2) is 5.75 Å². The molecular formula is C24H19N5O5S. The number of hydrazone groups is 1. The van der Waals surface area contributed by atoms with E-state index in [1.807, 2.05) is 0 Å². The minimum absolute atomic E-state index is 0.154. The highest BCUT2D eigenvalue weighted by molar-refractivity contribution is 7.18. The summed E-state index contributed by atoms with van der Waals surface area (Å²) >= 11 is 1.58. The number of aryl methyl sites for hydroxylation is 2. The molecule has 1 aliphatic rings. The van der Waals surface area contributed by atoms with Crippen LogP contribution in [0.3, 0.4) is 0 Å². The number of fused-ring (bicyclic) bond motifs is 3. The minimum Gasteiger partial charge on any atom is -0.502 e. The molecule has 2 aromatic heterocycles. The van der Waals surface area contributed by atoms with Crippen molar-refractivity contribution in [1.29, 1.82) is 0 Å². The molecule has 0 aliphatic heterocycles. The Balaban J connectivity index is 1.39. The van der Waals surface area contributed by atoms with Crippen LogP contribution in [0.1, 0.15) is 39.2 Å². The number of carbonyl (C=O) groups excluding carboxylic acids is 1. The quantitative estimate of drug-likeness (QED) is 0.249. The number of nitrogens with one attached hydrogen (secondary N) is 1. The summed E-state index contributed by atoms with van der Waals surface area (Å²) in [6.45, 7) is 0. The topological polar surface area (TPSA) is 140 Å². The third-order valence-corrected chi connectivity index (χ3v) is 7.04. The predicted octanol–water partition coefficient (Wildman–Crippen LogP) is 3.70. The van der Waals surface area contributed by atoms with Crippen LogP contribution in [-0.2, 0) is 12.8 Å². The molecule has 0 saturated heterocycles. The second-order valence-electron chi connectivity index (χ2n) is 8.07. The van der Waals surface area contributed by atoms with E-state index in [0.29, 0.717) is 16.6 Å². The fourth-order valence-corrected chi connectivity index (χ4v) is 5.34. The van der Waals surface area contributed by atoms with Crippen LogP contribution in [0, 0.1) is 10.1 Å². The molecule has 2 heterocycles. The molecule has 176 valence electrons. The molecule has 0 unspecified atom stereocenters. The number of aromatic hydroxyl groups is 1. The van der Waals surface area contributed by atoms with Gasteiger partial charge in [0.2, 0.25) is 0 Å². The number of amides is 1. The first-order valence-corrected chi connectivity index (χ1v) is 11.7. The van der Waals surface area contributed by atoms with Crippen LogP contribution in [0.5, 0.6) is 5.75 Å². The summed E-state index contributed by atoms with van der Waals surface area (Å²) in [5.74, 6) is -0.981. The second kappa shape index (κ2) is 9.11. The Hall–Kier alpha value is -4.38. The van der Waals surface area contributed by atoms with E-state index in [9.17, 15) is 24.8 Å². The highest BCUT2D eigenvalue weighted by Crippen LogP contribution is 2.33. The molecule has 0 atom stereocenters. The summed E-state index contributed by atoms with van der Waals surface area (Å²) in [6.07, 6.45) is 6.75. The first kappa shape index (κ1) is 22.4. The molecule has 2 aromatic carbocycles. The number of carbonyl (C=O) groups is 1. The summed E-state index contributed by atoms with van der Waals surface area (Å²) < 4.78 is 1.44. The van der Waals surface area contributed by atoms with Crippen molar-refractivity contribution in [2.24, 2.45) is 5.10 Å². The molecule has 0 fully saturated rings. The maximum atomic E-state index is 13.3. The molecule has 11 heteroatoms. The van der Waals surface area contributed by atoms with Crippen molar-refractivity contribution in [3.05, 3.63) is 90.8 Å². The van der Waals surface area contributed by atoms with Gasteiger partial charge in [0, 0.05) is 22.1 Å². The molecule has 0 saturated carbocycles. The van der Waals surface area contributed by atoms with Crippen LogP contribution in [0.4, 0.5) is 5.69 Å². The Morgan fingerprint density at radius 1 is 1.23 bits per heavy atom. The third kappa shape index (κ3) is 4.28. The average Bonchev–Trinajstić information content (AvgIpc) is 3.24. The SMILES string of the molecule is O=C(N/N=C/c1ccc(O)c([N+](=O)[O-])c1)c1cccc(-n2cnc3sc4c(c3c2=O)CCCC4)c1. The fraction of sp³-hybridized carbons (Fsp3) is 0.167. The number of rotatable bonds is 5. The molecule has 0 bridgehead atoms. The van der Waals surface area contributed by atoms with E-state index in [1.54, 1.807) is 35.6 Å². The van der Waals surface area contributed by atoms with E-state index < -0.39 is 22.3 Å². The number of hydrogen-bond acceptors (Lipinski definition) is 8. The summed E-state index contributed by atoms with van der Waals surface area (Å²) in [5.41, 5.74) is 3.96. The molecule has 1 amide bonds. The van der Waals surface area contributed by atoms with E-state index >= 15 is 0 Å². The zero-order chi connectivity index (χ0) is 24.5. The minimum atomic E-state index is -0.711. The number of benzene rings is 2. The molecule has 1 aliphatic carbocycles. The van der Waals surface area contributed by atoms with Crippen LogP contribution in [0.25, 0.3) is 15.9 Å². The largest absolute Gasteiger partial charge is 0.502 e. The fourth-order valence-electron chi connectivity index (χ4n) is 4.12. The van der Waals surface area contributed by atoms with Gasteiger partial charge in [-0.25, -0.2) is 10.4 Å². The number of nitro benzene ring substituents is 1. The van der Waals surface area contributed by atoms with E-state index in [0.717, 1.165) is 42.1 Å². The molecular weight excluding hydrogens is 470 g/mol. The van der Waals surface area contributed by atoms with Crippen LogP contribution in [-0.4, -0.2) is 31.7 Å². The molecule has 4 aromatic rings. The van der Waals surface area contributed by atoms with Crippen molar-refractivity contribution < 1.29 is 14.8 Å². The lowest BCUT2D eigenvalue weighted by Crippen LogP contribution is -2.21. The zero-order valence-corrected chi connectivity index (χ0v) is 19.1. The summed E-state index contributed by atoms with van der Waals surface area (Å²) in [4.78, 5) is 42.6. The lowest BCUT2D eigenvalue weighted by Gasteiger charge is -2.11. The van der Waals surface area contributed by atoms with Crippen LogP contribution in [0.2, 0.25) is 0 Å². The number of phenols is 1. The average molecular weight is 490 g/mol. The van der Waals surface area contributed by atoms with Gasteiger partial charge in [0.05, 0.1) is 22.2 Å². The Labute approximate surface area is 202 Å². The van der Waals surface area contributed by atoms with E-state index in [4.69, 9.17) is 0 Å². The number of aromatic nitrogens is 2. The Morgan fingerprint density at radius 3 is 2.89 bits per heavy atom. The number of nitrogens with zero attached hydrogens (tertiary/aromatic N) is 4. The van der Waals surface area contributed by atoms with E-state index in [2.05, 4.69) is 15.5 Å². The van der Waals surface area contributed by atoms with Crippen molar-refractivity contribution in [2.75, 3.05) is 0 Å². The van der Waals surface area contributed by atoms with Gasteiger partial charge in [-0.2, -0.15) is 5.10 Å². The van der Waals surface area contributed by atoms with Crippen molar-refractivity contribution in [3.63, 3.8) is 0 Å². The first-order chi connectivity index (χ1) is 16.9. The Bertz CT molecular complexity index is 1570. The van der Waals surface area contributed by atoms with Crippen LogP contribution in [0.15, 0.2) is 58.7 Å².